The predicted octanol–water partition coefficient (Wildman–Crippen LogP) is 3.35. The maximum absolute atomic E-state index is 12.3. The summed E-state index contributed by atoms with van der Waals surface area (Å²) >= 11 is 5.95. The number of hydrogen-bond donors (Lipinski definition) is 2. The first-order valence-electron chi connectivity index (χ1n) is 9.68. The highest BCUT2D eigenvalue weighted by atomic mass is 35.5. The number of halogens is 1. The molecule has 0 heterocycles. The lowest BCUT2D eigenvalue weighted by Crippen LogP contribution is -2.41. The molecule has 0 aromatic heterocycles. The molecular formula is C22H22ClN3O7. The normalized spacial score (nSPS) is 12.5. The molecule has 0 aliphatic rings. The number of amides is 2. The van der Waals surface area contributed by atoms with Gasteiger partial charge >= 0.3 is 5.97 Å². The predicted molar refractivity (Wildman–Crippen MR) is 122 cm³/mol. The van der Waals surface area contributed by atoms with Gasteiger partial charge in [-0.05, 0) is 43.7 Å². The molecule has 0 saturated carbocycles. The first-order chi connectivity index (χ1) is 15.6. The second kappa shape index (κ2) is 11.6. The fourth-order valence-corrected chi connectivity index (χ4v) is 2.66. The third kappa shape index (κ3) is 7.62. The standard InChI is InChI=1S/C22H22ClN3O7/c1-13(24-20(27)11-6-15-4-8-17(32-3)9-5-15)22(29)33-14(2)21(28)25-19-12-16(26(30)31)7-10-18(19)23/h4-14H,1-3H3,(H,24,27)(H,25,28)/t13-,14?/m0/s1. The zero-order valence-electron chi connectivity index (χ0n) is 18.0. The van der Waals surface area contributed by atoms with Crippen LogP contribution in [-0.4, -0.2) is 42.0 Å². The minimum atomic E-state index is -1.25. The Morgan fingerprint density at radius 1 is 1.12 bits per heavy atom. The van der Waals surface area contributed by atoms with E-state index in [-0.39, 0.29) is 16.4 Å². The fourth-order valence-electron chi connectivity index (χ4n) is 2.49. The average Bonchev–Trinajstić information content (AvgIpc) is 2.79. The number of anilines is 1. The molecule has 33 heavy (non-hydrogen) atoms. The summed E-state index contributed by atoms with van der Waals surface area (Å²) in [5.74, 6) is -1.44. The van der Waals surface area contributed by atoms with Crippen molar-refractivity contribution in [2.75, 3.05) is 12.4 Å². The van der Waals surface area contributed by atoms with Gasteiger partial charge in [-0.1, -0.05) is 23.7 Å². The molecule has 2 amide bonds. The number of non-ortho nitro benzene ring substituents is 1. The van der Waals surface area contributed by atoms with E-state index >= 15 is 0 Å². The Labute approximate surface area is 194 Å². The second-order valence-electron chi connectivity index (χ2n) is 6.83. The molecule has 2 aromatic rings. The minimum absolute atomic E-state index is 0.00351. The summed E-state index contributed by atoms with van der Waals surface area (Å²) < 4.78 is 10.1. The summed E-state index contributed by atoms with van der Waals surface area (Å²) in [5.41, 5.74) is 0.494. The van der Waals surface area contributed by atoms with Crippen molar-refractivity contribution in [2.24, 2.45) is 0 Å². The van der Waals surface area contributed by atoms with E-state index in [1.54, 1.807) is 37.5 Å². The highest BCUT2D eigenvalue weighted by Gasteiger charge is 2.23. The number of carbonyl (C=O) groups is 3. The third-order valence-corrected chi connectivity index (χ3v) is 4.67. The van der Waals surface area contributed by atoms with Gasteiger partial charge in [0.25, 0.3) is 11.6 Å². The van der Waals surface area contributed by atoms with Crippen LogP contribution in [0.4, 0.5) is 11.4 Å². The van der Waals surface area contributed by atoms with Gasteiger partial charge in [0.05, 0.1) is 22.7 Å². The van der Waals surface area contributed by atoms with Crippen LogP contribution in [0.1, 0.15) is 19.4 Å². The molecule has 0 aliphatic heterocycles. The van der Waals surface area contributed by atoms with Crippen LogP contribution in [0.2, 0.25) is 5.02 Å². The molecule has 0 saturated heterocycles. The molecule has 2 aromatic carbocycles. The van der Waals surface area contributed by atoms with Gasteiger partial charge in [0.1, 0.15) is 11.8 Å². The van der Waals surface area contributed by atoms with E-state index in [9.17, 15) is 24.5 Å². The second-order valence-corrected chi connectivity index (χ2v) is 7.23. The molecule has 0 spiro atoms. The third-order valence-electron chi connectivity index (χ3n) is 4.34. The Morgan fingerprint density at radius 3 is 2.39 bits per heavy atom. The molecule has 0 fully saturated rings. The van der Waals surface area contributed by atoms with Crippen molar-refractivity contribution in [3.63, 3.8) is 0 Å². The Bertz CT molecular complexity index is 1070. The van der Waals surface area contributed by atoms with Gasteiger partial charge in [-0.2, -0.15) is 0 Å². The topological polar surface area (TPSA) is 137 Å². The minimum Gasteiger partial charge on any atom is -0.497 e. The number of nitrogens with one attached hydrogen (secondary N) is 2. The van der Waals surface area contributed by atoms with Crippen molar-refractivity contribution < 1.29 is 28.8 Å². The van der Waals surface area contributed by atoms with E-state index in [2.05, 4.69) is 10.6 Å². The van der Waals surface area contributed by atoms with Crippen LogP contribution in [0.3, 0.4) is 0 Å². The molecule has 1 unspecified atom stereocenters. The number of benzene rings is 2. The number of nitrogens with zero attached hydrogens (tertiary/aromatic N) is 1. The lowest BCUT2D eigenvalue weighted by molar-refractivity contribution is -0.384. The van der Waals surface area contributed by atoms with Crippen LogP contribution >= 0.6 is 11.6 Å². The van der Waals surface area contributed by atoms with Crippen LogP contribution < -0.4 is 15.4 Å². The highest BCUT2D eigenvalue weighted by Crippen LogP contribution is 2.26. The van der Waals surface area contributed by atoms with Gasteiger partial charge in [0, 0.05) is 18.2 Å². The zero-order valence-corrected chi connectivity index (χ0v) is 18.8. The summed E-state index contributed by atoms with van der Waals surface area (Å²) in [6.07, 6.45) is 1.57. The monoisotopic (exact) mass is 475 g/mol. The van der Waals surface area contributed by atoms with Crippen molar-refractivity contribution >= 4 is 46.8 Å². The largest absolute Gasteiger partial charge is 0.497 e. The molecule has 0 bridgehead atoms. The molecule has 2 rings (SSSR count). The van der Waals surface area contributed by atoms with Crippen LogP contribution in [0.5, 0.6) is 5.75 Å². The van der Waals surface area contributed by atoms with Crippen LogP contribution in [0.25, 0.3) is 6.08 Å². The highest BCUT2D eigenvalue weighted by molar-refractivity contribution is 6.33. The van der Waals surface area contributed by atoms with Crippen LogP contribution in [0.15, 0.2) is 48.5 Å². The van der Waals surface area contributed by atoms with Gasteiger partial charge in [-0.15, -0.1) is 0 Å². The van der Waals surface area contributed by atoms with Gasteiger partial charge in [-0.25, -0.2) is 4.79 Å². The number of esters is 1. The molecule has 0 radical (unpaired) electrons. The van der Waals surface area contributed by atoms with Crippen molar-refractivity contribution in [3.8, 4) is 5.75 Å². The SMILES string of the molecule is COc1ccc(C=CC(=O)N[C@@H](C)C(=O)OC(C)C(=O)Nc2cc([N+](=O)[O-])ccc2Cl)cc1. The average molecular weight is 476 g/mol. The maximum atomic E-state index is 12.3. The number of nitro benzene ring substituents is 1. The van der Waals surface area contributed by atoms with Crippen LogP contribution in [-0.2, 0) is 19.1 Å². The molecule has 2 atom stereocenters. The number of nitro groups is 1. The molecule has 0 aliphatic carbocycles. The van der Waals surface area contributed by atoms with E-state index < -0.39 is 34.9 Å². The van der Waals surface area contributed by atoms with Crippen molar-refractivity contribution in [1.29, 1.82) is 0 Å². The van der Waals surface area contributed by atoms with Crippen molar-refractivity contribution in [3.05, 3.63) is 69.2 Å². The smallest absolute Gasteiger partial charge is 0.329 e. The Morgan fingerprint density at radius 2 is 1.79 bits per heavy atom. The molecule has 2 N–H and O–H groups in total. The lowest BCUT2D eigenvalue weighted by atomic mass is 10.2. The van der Waals surface area contributed by atoms with Gasteiger partial charge < -0.3 is 20.1 Å². The summed E-state index contributed by atoms with van der Waals surface area (Å²) in [7, 11) is 1.55. The molecule has 10 nitrogen and oxygen atoms in total. The van der Waals surface area contributed by atoms with Crippen molar-refractivity contribution in [1.82, 2.24) is 5.32 Å². The van der Waals surface area contributed by atoms with Crippen molar-refractivity contribution in [2.45, 2.75) is 26.0 Å². The molecule has 11 heteroatoms. The van der Waals surface area contributed by atoms with Gasteiger partial charge in [0.2, 0.25) is 5.91 Å². The van der Waals surface area contributed by atoms with E-state index in [1.807, 2.05) is 0 Å². The van der Waals surface area contributed by atoms with E-state index in [0.717, 1.165) is 11.6 Å². The maximum Gasteiger partial charge on any atom is 0.329 e. The number of methoxy groups -OCH3 is 1. The number of ether oxygens (including phenoxy) is 2. The van der Waals surface area contributed by atoms with E-state index in [0.29, 0.717) is 5.75 Å². The lowest BCUT2D eigenvalue weighted by Gasteiger charge is -2.17. The molecule has 174 valence electrons. The van der Waals surface area contributed by atoms with Crippen LogP contribution in [0, 0.1) is 10.1 Å². The number of carbonyl (C=O) groups excluding carboxylic acids is 3. The fraction of sp³-hybridized carbons (Fsp3) is 0.227. The number of rotatable bonds is 9. The summed E-state index contributed by atoms with van der Waals surface area (Å²) in [5, 5.41) is 15.8. The van der Waals surface area contributed by atoms with Gasteiger partial charge in [-0.3, -0.25) is 19.7 Å². The first-order valence-corrected chi connectivity index (χ1v) is 10.1. The Hall–Kier alpha value is -3.92. The summed E-state index contributed by atoms with van der Waals surface area (Å²) in [6.45, 7) is 2.72. The first kappa shape index (κ1) is 25.3. The van der Waals surface area contributed by atoms with Gasteiger partial charge in [0.15, 0.2) is 6.10 Å². The van der Waals surface area contributed by atoms with E-state index in [1.165, 1.54) is 32.1 Å². The summed E-state index contributed by atoms with van der Waals surface area (Å²) in [4.78, 5) is 46.8. The molecular weight excluding hydrogens is 454 g/mol. The Kier molecular flexibility index (Phi) is 8.93. The number of hydrogen-bond acceptors (Lipinski definition) is 7. The Balaban J connectivity index is 1.89. The van der Waals surface area contributed by atoms with E-state index in [4.69, 9.17) is 21.1 Å². The quantitative estimate of drug-likeness (QED) is 0.245. The summed E-state index contributed by atoms with van der Waals surface area (Å²) in [6, 6.07) is 9.51. The zero-order chi connectivity index (χ0) is 24.5.